The number of carbonyl (C=O) groups is 2. The van der Waals surface area contributed by atoms with Crippen molar-refractivity contribution < 1.29 is 18.7 Å². The Hall–Kier alpha value is -3.78. The van der Waals surface area contributed by atoms with Gasteiger partial charge in [0.25, 0.3) is 0 Å². The molecule has 2 atom stereocenters. The van der Waals surface area contributed by atoms with Gasteiger partial charge in [-0.25, -0.2) is 9.59 Å². The lowest BCUT2D eigenvalue weighted by atomic mass is 10.1. The quantitative estimate of drug-likeness (QED) is 0.440. The van der Waals surface area contributed by atoms with Crippen LogP contribution in [0.4, 0.5) is 21.0 Å². The molecule has 0 aliphatic carbocycles. The van der Waals surface area contributed by atoms with Crippen LogP contribution in [0.1, 0.15) is 30.2 Å². The monoisotopic (exact) mass is 434 g/mol. The molecule has 4 amide bonds. The van der Waals surface area contributed by atoms with E-state index in [4.69, 9.17) is 9.15 Å². The Morgan fingerprint density at radius 1 is 0.906 bits per heavy atom. The second-order valence-electron chi connectivity index (χ2n) is 7.50. The van der Waals surface area contributed by atoms with Crippen molar-refractivity contribution in [1.29, 1.82) is 0 Å². The highest BCUT2D eigenvalue weighted by molar-refractivity contribution is 5.91. The van der Waals surface area contributed by atoms with Crippen molar-refractivity contribution in [2.24, 2.45) is 0 Å². The van der Waals surface area contributed by atoms with Crippen LogP contribution in [-0.2, 0) is 4.74 Å². The summed E-state index contributed by atoms with van der Waals surface area (Å²) in [4.78, 5) is 24.6. The summed E-state index contributed by atoms with van der Waals surface area (Å²) in [5, 5.41) is 11.3. The Balaban J connectivity index is 1.30. The number of carbonyl (C=O) groups excluding carboxylic acids is 2. The highest BCUT2D eigenvalue weighted by atomic mass is 16.5. The van der Waals surface area contributed by atoms with Gasteiger partial charge in [0.05, 0.1) is 12.4 Å². The molecule has 0 bridgehead atoms. The lowest BCUT2D eigenvalue weighted by molar-refractivity contribution is 0.112. The van der Waals surface area contributed by atoms with Crippen molar-refractivity contribution in [3.05, 3.63) is 84.3 Å². The minimum Gasteiger partial charge on any atom is -0.467 e. The fourth-order valence-electron chi connectivity index (χ4n) is 3.54. The average molecular weight is 434 g/mol. The van der Waals surface area contributed by atoms with Crippen molar-refractivity contribution in [2.75, 3.05) is 23.8 Å². The molecule has 8 nitrogen and oxygen atoms in total. The molecule has 32 heavy (non-hydrogen) atoms. The van der Waals surface area contributed by atoms with Crippen LogP contribution in [0.25, 0.3) is 0 Å². The van der Waals surface area contributed by atoms with Crippen LogP contribution in [0, 0.1) is 0 Å². The number of nitrogens with one attached hydrogen (secondary N) is 4. The summed E-state index contributed by atoms with van der Waals surface area (Å²) in [6, 6.07) is 19.0. The summed E-state index contributed by atoms with van der Waals surface area (Å²) < 4.78 is 11.0. The number of rotatable bonds is 7. The van der Waals surface area contributed by atoms with Crippen molar-refractivity contribution in [3.63, 3.8) is 0 Å². The van der Waals surface area contributed by atoms with E-state index in [0.717, 1.165) is 25.0 Å². The van der Waals surface area contributed by atoms with Crippen LogP contribution in [0.2, 0.25) is 0 Å². The second-order valence-corrected chi connectivity index (χ2v) is 7.50. The van der Waals surface area contributed by atoms with Gasteiger partial charge in [-0.2, -0.15) is 0 Å². The fraction of sp³-hybridized carbons (Fsp3) is 0.250. The van der Waals surface area contributed by atoms with Gasteiger partial charge in [-0.3, -0.25) is 0 Å². The van der Waals surface area contributed by atoms with Crippen molar-refractivity contribution in [1.82, 2.24) is 10.6 Å². The summed E-state index contributed by atoms with van der Waals surface area (Å²) in [5.41, 5.74) is 2.13. The first-order valence-corrected chi connectivity index (χ1v) is 10.6. The zero-order valence-corrected chi connectivity index (χ0v) is 17.5. The molecule has 1 fully saturated rings. The summed E-state index contributed by atoms with van der Waals surface area (Å²) >= 11 is 0. The highest BCUT2D eigenvalue weighted by Crippen LogP contribution is 2.23. The molecule has 3 aromatic rings. The first kappa shape index (κ1) is 21.5. The number of hydrogen-bond donors (Lipinski definition) is 4. The van der Waals surface area contributed by atoms with Gasteiger partial charge in [0.15, 0.2) is 0 Å². The first-order chi connectivity index (χ1) is 15.7. The molecule has 4 rings (SSSR count). The Morgan fingerprint density at radius 3 is 2.25 bits per heavy atom. The zero-order chi connectivity index (χ0) is 22.2. The molecule has 1 saturated heterocycles. The number of hydrogen-bond acceptors (Lipinski definition) is 4. The summed E-state index contributed by atoms with van der Waals surface area (Å²) in [6.45, 7) is 1.24. The van der Waals surface area contributed by atoms with E-state index < -0.39 is 6.04 Å². The van der Waals surface area contributed by atoms with Crippen molar-refractivity contribution in [3.8, 4) is 0 Å². The van der Waals surface area contributed by atoms with E-state index in [1.165, 1.54) is 0 Å². The maximum Gasteiger partial charge on any atom is 0.320 e. The summed E-state index contributed by atoms with van der Waals surface area (Å²) in [6.07, 6.45) is 3.66. The van der Waals surface area contributed by atoms with Crippen molar-refractivity contribution in [2.45, 2.75) is 25.0 Å². The molecule has 0 radical (unpaired) electrons. The number of amides is 4. The van der Waals surface area contributed by atoms with Gasteiger partial charge in [0, 0.05) is 24.5 Å². The molecule has 0 saturated carbocycles. The standard InChI is InChI=1S/C24H26N4O4/c29-23(25-16-20-8-4-14-31-20)26-18-10-12-19(13-11-18)27-24(30)28-22(21-9-5-15-32-21)17-6-2-1-3-7-17/h1-3,5-7,9-13,15,20,22H,4,8,14,16H2,(H2,25,26,29)(H2,27,28,30). The van der Waals surface area contributed by atoms with Crippen LogP contribution in [0.3, 0.4) is 0 Å². The number of furan rings is 1. The van der Waals surface area contributed by atoms with Crippen LogP contribution in [0.5, 0.6) is 0 Å². The molecule has 2 aromatic carbocycles. The minimum absolute atomic E-state index is 0.0896. The van der Waals surface area contributed by atoms with Gasteiger partial charge in [-0.15, -0.1) is 0 Å². The number of ether oxygens (including phenoxy) is 1. The predicted molar refractivity (Wildman–Crippen MR) is 122 cm³/mol. The Morgan fingerprint density at radius 2 is 1.62 bits per heavy atom. The van der Waals surface area contributed by atoms with Gasteiger partial charge in [-0.1, -0.05) is 30.3 Å². The van der Waals surface area contributed by atoms with Gasteiger partial charge < -0.3 is 30.4 Å². The normalized spacial score (nSPS) is 16.2. The topological polar surface area (TPSA) is 105 Å². The van der Waals surface area contributed by atoms with E-state index in [2.05, 4.69) is 21.3 Å². The largest absolute Gasteiger partial charge is 0.467 e. The maximum absolute atomic E-state index is 12.6. The molecule has 1 aromatic heterocycles. The highest BCUT2D eigenvalue weighted by Gasteiger charge is 2.19. The smallest absolute Gasteiger partial charge is 0.320 e. The van der Waals surface area contributed by atoms with Gasteiger partial charge in [0.2, 0.25) is 0 Å². The summed E-state index contributed by atoms with van der Waals surface area (Å²) in [7, 11) is 0. The first-order valence-electron chi connectivity index (χ1n) is 10.6. The van der Waals surface area contributed by atoms with E-state index in [1.54, 1.807) is 36.6 Å². The number of urea groups is 2. The van der Waals surface area contributed by atoms with Gasteiger partial charge in [0.1, 0.15) is 11.8 Å². The maximum atomic E-state index is 12.6. The zero-order valence-electron chi connectivity index (χ0n) is 17.5. The van der Waals surface area contributed by atoms with E-state index in [-0.39, 0.29) is 18.2 Å². The number of benzene rings is 2. The average Bonchev–Trinajstić information content (AvgIpc) is 3.52. The Labute approximate surface area is 186 Å². The third-order valence-electron chi connectivity index (χ3n) is 5.15. The van der Waals surface area contributed by atoms with Crippen LogP contribution in [0.15, 0.2) is 77.4 Å². The molecule has 1 aliphatic rings. The van der Waals surface area contributed by atoms with E-state index >= 15 is 0 Å². The molecule has 2 heterocycles. The molecule has 8 heteroatoms. The molecule has 2 unspecified atom stereocenters. The third-order valence-corrected chi connectivity index (χ3v) is 5.15. The third kappa shape index (κ3) is 5.89. The molecule has 0 spiro atoms. The molecule has 1 aliphatic heterocycles. The minimum atomic E-state index is -0.417. The Kier molecular flexibility index (Phi) is 7.04. The molecular weight excluding hydrogens is 408 g/mol. The SMILES string of the molecule is O=C(NCC1CCCO1)Nc1ccc(NC(=O)NC(c2ccccc2)c2ccco2)cc1. The van der Waals surface area contributed by atoms with E-state index in [0.29, 0.717) is 23.7 Å². The van der Waals surface area contributed by atoms with Crippen LogP contribution >= 0.6 is 0 Å². The summed E-state index contributed by atoms with van der Waals surface area (Å²) in [5.74, 6) is 0.639. The number of anilines is 2. The van der Waals surface area contributed by atoms with Gasteiger partial charge in [-0.05, 0) is 54.8 Å². The van der Waals surface area contributed by atoms with Crippen LogP contribution in [-0.4, -0.2) is 31.3 Å². The van der Waals surface area contributed by atoms with Crippen LogP contribution < -0.4 is 21.3 Å². The Bertz CT molecular complexity index is 1000. The lowest BCUT2D eigenvalue weighted by Gasteiger charge is -2.18. The lowest BCUT2D eigenvalue weighted by Crippen LogP contribution is -2.35. The van der Waals surface area contributed by atoms with E-state index in [1.807, 2.05) is 36.4 Å². The van der Waals surface area contributed by atoms with Crippen molar-refractivity contribution >= 4 is 23.4 Å². The second kappa shape index (κ2) is 10.5. The predicted octanol–water partition coefficient (Wildman–Crippen LogP) is 4.49. The van der Waals surface area contributed by atoms with E-state index in [9.17, 15) is 9.59 Å². The van der Waals surface area contributed by atoms with Gasteiger partial charge >= 0.3 is 12.1 Å². The molecule has 166 valence electrons. The molecular formula is C24H26N4O4. The fourth-order valence-corrected chi connectivity index (χ4v) is 3.54. The molecule has 4 N–H and O–H groups in total.